The monoisotopic (exact) mass is 856 g/mol. The molecule has 0 spiro atoms. The lowest BCUT2D eigenvalue weighted by molar-refractivity contribution is 0.660. The van der Waals surface area contributed by atoms with Crippen LogP contribution in [0.1, 0.15) is 25.0 Å². The second-order valence-corrected chi connectivity index (χ2v) is 18.2. The molecular formula is C65H48N2. The Morgan fingerprint density at radius 3 is 1.36 bits per heavy atom. The largest absolute Gasteiger partial charge is 0.311 e. The van der Waals surface area contributed by atoms with Crippen LogP contribution in [0.2, 0.25) is 0 Å². The van der Waals surface area contributed by atoms with E-state index in [1.165, 1.54) is 77.2 Å². The van der Waals surface area contributed by atoms with E-state index in [0.29, 0.717) is 0 Å². The molecular weight excluding hydrogens is 809 g/mol. The number of rotatable bonds is 9. The summed E-state index contributed by atoms with van der Waals surface area (Å²) < 4.78 is 0. The predicted octanol–water partition coefficient (Wildman–Crippen LogP) is 18.2. The summed E-state index contributed by atoms with van der Waals surface area (Å²) in [5.74, 6) is 0. The zero-order valence-corrected chi connectivity index (χ0v) is 37.6. The maximum Gasteiger partial charge on any atom is 0.0468 e. The van der Waals surface area contributed by atoms with Gasteiger partial charge >= 0.3 is 0 Å². The molecule has 0 unspecified atom stereocenters. The Morgan fingerprint density at radius 2 is 0.687 bits per heavy atom. The Kier molecular flexibility index (Phi) is 9.88. The van der Waals surface area contributed by atoms with Gasteiger partial charge in [0.05, 0.1) is 0 Å². The van der Waals surface area contributed by atoms with E-state index >= 15 is 0 Å². The number of anilines is 6. The maximum atomic E-state index is 2.38. The molecule has 1 aliphatic carbocycles. The fourth-order valence-corrected chi connectivity index (χ4v) is 10.5. The van der Waals surface area contributed by atoms with Crippen molar-refractivity contribution in [2.24, 2.45) is 0 Å². The summed E-state index contributed by atoms with van der Waals surface area (Å²) in [6, 6.07) is 93.0. The lowest BCUT2D eigenvalue weighted by Crippen LogP contribution is -2.15. The summed E-state index contributed by atoms with van der Waals surface area (Å²) in [4.78, 5) is 4.74. The molecule has 11 aromatic rings. The Morgan fingerprint density at radius 1 is 0.254 bits per heavy atom. The number of para-hydroxylation sites is 1. The van der Waals surface area contributed by atoms with Crippen LogP contribution in [0.5, 0.6) is 0 Å². The van der Waals surface area contributed by atoms with Gasteiger partial charge in [0.2, 0.25) is 0 Å². The van der Waals surface area contributed by atoms with Crippen LogP contribution in [0.3, 0.4) is 0 Å². The standard InChI is InChI=1S/C65H48N2/c1-65(2)63-27-14-13-25-60(63)62-44-56(40-41-64(62)65)67(51-21-7-4-8-22-51)55-38-36-54(37-39-55)66(52-32-28-46(29-33-52)45-16-5-3-6-17-45)53-34-30-47(31-35-53)50-42-49-19-10-12-24-58(49)61(43-50)59-26-15-20-48-18-9-11-23-57(48)59/h3-44H,1-2H3. The number of nitrogens with zero attached hydrogens (tertiary/aromatic N) is 2. The SMILES string of the molecule is CC1(C)c2ccccc2-c2cc(N(c3ccccc3)c3ccc(N(c4ccc(-c5ccccc5)cc4)c4ccc(-c5cc(-c6cccc7ccccc67)c6ccccc6c5)cc4)cc3)ccc21. The molecule has 0 aromatic heterocycles. The second kappa shape index (κ2) is 16.5. The van der Waals surface area contributed by atoms with E-state index in [2.05, 4.69) is 278 Å². The second-order valence-electron chi connectivity index (χ2n) is 18.2. The molecule has 0 saturated carbocycles. The highest BCUT2D eigenvalue weighted by Gasteiger charge is 2.35. The molecule has 0 atom stereocenters. The van der Waals surface area contributed by atoms with Gasteiger partial charge in [0.15, 0.2) is 0 Å². The van der Waals surface area contributed by atoms with Gasteiger partial charge in [-0.3, -0.25) is 0 Å². The summed E-state index contributed by atoms with van der Waals surface area (Å²) in [5, 5.41) is 4.99. The van der Waals surface area contributed by atoms with Crippen LogP contribution in [0.4, 0.5) is 34.1 Å². The summed E-state index contributed by atoms with van der Waals surface area (Å²) in [6.45, 7) is 4.68. The average Bonchev–Trinajstić information content (AvgIpc) is 3.62. The van der Waals surface area contributed by atoms with Crippen LogP contribution in [0.15, 0.2) is 255 Å². The van der Waals surface area contributed by atoms with Gasteiger partial charge in [0, 0.05) is 39.5 Å². The van der Waals surface area contributed by atoms with Crippen LogP contribution in [0.25, 0.3) is 66.1 Å². The van der Waals surface area contributed by atoms with Crippen LogP contribution >= 0.6 is 0 Å². The summed E-state index contributed by atoms with van der Waals surface area (Å²) in [5.41, 5.74) is 19.1. The highest BCUT2D eigenvalue weighted by atomic mass is 15.2. The van der Waals surface area contributed by atoms with E-state index < -0.39 is 0 Å². The third-order valence-electron chi connectivity index (χ3n) is 13.8. The third kappa shape index (κ3) is 7.15. The number of hydrogen-bond donors (Lipinski definition) is 0. The predicted molar refractivity (Wildman–Crippen MR) is 285 cm³/mol. The molecule has 1 aliphatic rings. The fraction of sp³-hybridized carbons (Fsp3) is 0.0462. The fourth-order valence-electron chi connectivity index (χ4n) is 10.5. The molecule has 318 valence electrons. The first-order valence-corrected chi connectivity index (χ1v) is 23.2. The zero-order chi connectivity index (χ0) is 44.9. The van der Waals surface area contributed by atoms with Crippen LogP contribution in [-0.2, 0) is 5.41 Å². The molecule has 2 nitrogen and oxygen atoms in total. The van der Waals surface area contributed by atoms with Gasteiger partial charge in [0.1, 0.15) is 0 Å². The van der Waals surface area contributed by atoms with E-state index in [-0.39, 0.29) is 5.41 Å². The van der Waals surface area contributed by atoms with E-state index in [1.807, 2.05) is 0 Å². The van der Waals surface area contributed by atoms with Gasteiger partial charge in [0.25, 0.3) is 0 Å². The zero-order valence-electron chi connectivity index (χ0n) is 37.6. The van der Waals surface area contributed by atoms with Gasteiger partial charge in [-0.1, -0.05) is 184 Å². The third-order valence-corrected chi connectivity index (χ3v) is 13.8. The molecule has 0 fully saturated rings. The molecule has 0 aliphatic heterocycles. The Balaban J connectivity index is 0.944. The molecule has 2 heteroatoms. The van der Waals surface area contributed by atoms with Gasteiger partial charge in [-0.2, -0.15) is 0 Å². The van der Waals surface area contributed by atoms with Crippen molar-refractivity contribution in [1.29, 1.82) is 0 Å². The quantitative estimate of drug-likeness (QED) is 0.143. The van der Waals surface area contributed by atoms with Crippen LogP contribution in [0, 0.1) is 0 Å². The minimum Gasteiger partial charge on any atom is -0.311 e. The van der Waals surface area contributed by atoms with Crippen molar-refractivity contribution in [3.63, 3.8) is 0 Å². The molecule has 67 heavy (non-hydrogen) atoms. The summed E-state index contributed by atoms with van der Waals surface area (Å²) in [6.07, 6.45) is 0. The van der Waals surface area contributed by atoms with E-state index in [0.717, 1.165) is 34.1 Å². The van der Waals surface area contributed by atoms with Crippen molar-refractivity contribution in [2.45, 2.75) is 19.3 Å². The van der Waals surface area contributed by atoms with Crippen molar-refractivity contribution in [3.05, 3.63) is 266 Å². The summed E-state index contributed by atoms with van der Waals surface area (Å²) >= 11 is 0. The minimum absolute atomic E-state index is 0.0550. The lowest BCUT2D eigenvalue weighted by atomic mass is 9.82. The van der Waals surface area contributed by atoms with Crippen molar-refractivity contribution in [2.75, 3.05) is 9.80 Å². The average molecular weight is 857 g/mol. The van der Waals surface area contributed by atoms with Crippen LogP contribution < -0.4 is 9.80 Å². The highest BCUT2D eigenvalue weighted by Crippen LogP contribution is 2.51. The molecule has 11 aromatic carbocycles. The van der Waals surface area contributed by atoms with Gasteiger partial charge in [-0.05, 0) is 162 Å². The van der Waals surface area contributed by atoms with E-state index in [1.54, 1.807) is 0 Å². The molecule has 0 radical (unpaired) electrons. The Labute approximate surface area is 393 Å². The van der Waals surface area contributed by atoms with Crippen molar-refractivity contribution in [3.8, 4) is 44.5 Å². The first-order chi connectivity index (χ1) is 33.0. The molecule has 0 bridgehead atoms. The lowest BCUT2D eigenvalue weighted by Gasteiger charge is -2.29. The molecule has 0 N–H and O–H groups in total. The molecule has 0 amide bonds. The number of hydrogen-bond acceptors (Lipinski definition) is 2. The Bertz CT molecular complexity index is 3570. The van der Waals surface area contributed by atoms with Gasteiger partial charge in [-0.15, -0.1) is 0 Å². The molecule has 0 saturated heterocycles. The number of benzene rings is 11. The topological polar surface area (TPSA) is 6.48 Å². The van der Waals surface area contributed by atoms with E-state index in [4.69, 9.17) is 0 Å². The smallest absolute Gasteiger partial charge is 0.0468 e. The van der Waals surface area contributed by atoms with Crippen molar-refractivity contribution < 1.29 is 0 Å². The Hall–Kier alpha value is -8.46. The summed E-state index contributed by atoms with van der Waals surface area (Å²) in [7, 11) is 0. The van der Waals surface area contributed by atoms with Crippen LogP contribution in [-0.4, -0.2) is 0 Å². The normalized spacial score (nSPS) is 12.4. The molecule has 12 rings (SSSR count). The molecule has 0 heterocycles. The maximum absolute atomic E-state index is 2.38. The highest BCUT2D eigenvalue weighted by molar-refractivity contribution is 6.07. The minimum atomic E-state index is -0.0550. The van der Waals surface area contributed by atoms with Crippen molar-refractivity contribution >= 4 is 55.7 Å². The van der Waals surface area contributed by atoms with Crippen molar-refractivity contribution in [1.82, 2.24) is 0 Å². The first kappa shape index (κ1) is 40.1. The number of fused-ring (bicyclic) bond motifs is 5. The first-order valence-electron chi connectivity index (χ1n) is 23.2. The van der Waals surface area contributed by atoms with Gasteiger partial charge in [-0.25, -0.2) is 0 Å². The van der Waals surface area contributed by atoms with Gasteiger partial charge < -0.3 is 9.80 Å². The van der Waals surface area contributed by atoms with E-state index in [9.17, 15) is 0 Å².